The summed E-state index contributed by atoms with van der Waals surface area (Å²) in [7, 11) is 0. The smallest absolute Gasteiger partial charge is 0.207 e. The topological polar surface area (TPSA) is 41.6 Å². The molecule has 0 unspecified atom stereocenters. The first-order valence-electron chi connectivity index (χ1n) is 17.6. The molecule has 0 bridgehead atoms. The van der Waals surface area contributed by atoms with E-state index >= 15 is 0 Å². The summed E-state index contributed by atoms with van der Waals surface area (Å²) in [6.07, 6.45) is 29.9. The third kappa shape index (κ3) is 28.6. The monoisotopic (exact) mass is 611 g/mol. The molecule has 0 atom stereocenters. The van der Waals surface area contributed by atoms with Gasteiger partial charge in [0.1, 0.15) is 0 Å². The molecule has 44 heavy (non-hydrogen) atoms. The van der Waals surface area contributed by atoms with Crippen LogP contribution in [0.1, 0.15) is 138 Å². The molecular formula is C40H70N2O2. The van der Waals surface area contributed by atoms with E-state index in [1.54, 1.807) is 11.1 Å². The van der Waals surface area contributed by atoms with E-state index in [-0.39, 0.29) is 0 Å². The second-order valence-corrected chi connectivity index (χ2v) is 12.9. The summed E-state index contributed by atoms with van der Waals surface area (Å²) in [6.45, 7) is 24.9. The van der Waals surface area contributed by atoms with Gasteiger partial charge >= 0.3 is 0 Å². The fourth-order valence-corrected chi connectivity index (χ4v) is 5.00. The van der Waals surface area contributed by atoms with Gasteiger partial charge in [-0.05, 0) is 138 Å². The van der Waals surface area contributed by atoms with Crippen molar-refractivity contribution in [3.8, 4) is 0 Å². The third-order valence-electron chi connectivity index (χ3n) is 8.00. The SMILES string of the molecule is C=C(CC)CC/C=C(\C)CCC=C(C)C.CC(C)=CCC/C(C)=C/CCC1=CCCCC1.O=CNCCCN1CCOCC1. The molecule has 2 aliphatic rings. The number of amides is 1. The highest BCUT2D eigenvalue weighted by Gasteiger charge is 2.08. The standard InChI is InChI=1S/C17H28.C15H26.C8H16N2O2/c1-15(2)9-7-10-16(3)11-8-14-17-12-5-4-6-13-17;1-6-14(4)10-8-12-15(5)11-7-9-13(2)3;11-8-9-2-1-3-10-4-6-12-7-5-10/h9,11-12H,4-8,10,13-14H2,1-3H3;9,12H,4,6-8,10-11H2,1-3,5H3;8H,1-7H2,(H,9,11)/b16-11+;15-12+;. The number of ether oxygens (including phenoxy) is 1. The molecule has 0 aromatic heterocycles. The molecule has 1 fully saturated rings. The Bertz CT molecular complexity index is 892. The lowest BCUT2D eigenvalue weighted by molar-refractivity contribution is -0.109. The van der Waals surface area contributed by atoms with Gasteiger partial charge in [0, 0.05) is 19.6 Å². The minimum absolute atomic E-state index is 0.749. The number of hydrogen-bond donors (Lipinski definition) is 1. The number of carbonyl (C=O) groups is 1. The molecule has 0 aromatic carbocycles. The summed E-state index contributed by atoms with van der Waals surface area (Å²) in [5, 5.41) is 2.65. The minimum Gasteiger partial charge on any atom is -0.379 e. The zero-order valence-electron chi connectivity index (χ0n) is 30.1. The van der Waals surface area contributed by atoms with Gasteiger partial charge in [0.15, 0.2) is 0 Å². The molecule has 0 spiro atoms. The Balaban J connectivity index is 0.000000640. The first-order chi connectivity index (χ1) is 21.2. The second kappa shape index (κ2) is 29.5. The Labute approximate surface area is 273 Å². The van der Waals surface area contributed by atoms with Crippen LogP contribution in [0.5, 0.6) is 0 Å². The average Bonchev–Trinajstić information content (AvgIpc) is 3.00. The van der Waals surface area contributed by atoms with Crippen molar-refractivity contribution in [2.45, 2.75) is 138 Å². The molecule has 1 aliphatic carbocycles. The lowest BCUT2D eigenvalue weighted by atomic mass is 9.95. The maximum absolute atomic E-state index is 9.91. The van der Waals surface area contributed by atoms with Crippen molar-refractivity contribution in [2.24, 2.45) is 0 Å². The number of hydrogen-bond acceptors (Lipinski definition) is 3. The normalized spacial score (nSPS) is 15.5. The molecule has 1 aliphatic heterocycles. The molecule has 2 rings (SSSR count). The van der Waals surface area contributed by atoms with E-state index in [0.29, 0.717) is 0 Å². The molecule has 4 heteroatoms. The minimum atomic E-state index is 0.749. The molecule has 4 nitrogen and oxygen atoms in total. The van der Waals surface area contributed by atoms with Gasteiger partial charge in [0.25, 0.3) is 0 Å². The molecule has 0 radical (unpaired) electrons. The lowest BCUT2D eigenvalue weighted by Crippen LogP contribution is -2.37. The van der Waals surface area contributed by atoms with Gasteiger partial charge in [-0.3, -0.25) is 9.69 Å². The Morgan fingerprint density at radius 3 is 1.98 bits per heavy atom. The summed E-state index contributed by atoms with van der Waals surface area (Å²) in [4.78, 5) is 12.3. The summed E-state index contributed by atoms with van der Waals surface area (Å²) >= 11 is 0. The van der Waals surface area contributed by atoms with Gasteiger partial charge in [0.2, 0.25) is 6.41 Å². The maximum Gasteiger partial charge on any atom is 0.207 e. The molecule has 1 heterocycles. The van der Waals surface area contributed by atoms with E-state index in [4.69, 9.17) is 4.74 Å². The van der Waals surface area contributed by atoms with Crippen LogP contribution in [0.2, 0.25) is 0 Å². The van der Waals surface area contributed by atoms with Gasteiger partial charge in [0.05, 0.1) is 13.2 Å². The Morgan fingerprint density at radius 1 is 0.864 bits per heavy atom. The Hall–Kier alpha value is -2.17. The summed E-state index contributed by atoms with van der Waals surface area (Å²) in [5.74, 6) is 0. The van der Waals surface area contributed by atoms with Gasteiger partial charge in [-0.2, -0.15) is 0 Å². The first kappa shape index (κ1) is 41.8. The lowest BCUT2D eigenvalue weighted by Gasteiger charge is -2.26. The third-order valence-corrected chi connectivity index (χ3v) is 8.00. The highest BCUT2D eigenvalue weighted by Crippen LogP contribution is 2.22. The van der Waals surface area contributed by atoms with Crippen LogP contribution in [0.3, 0.4) is 0 Å². The van der Waals surface area contributed by atoms with Gasteiger partial charge in [-0.25, -0.2) is 0 Å². The predicted octanol–water partition coefficient (Wildman–Crippen LogP) is 10.8. The highest BCUT2D eigenvalue weighted by atomic mass is 16.5. The quantitative estimate of drug-likeness (QED) is 0.0953. The van der Waals surface area contributed by atoms with E-state index in [9.17, 15) is 4.79 Å². The second-order valence-electron chi connectivity index (χ2n) is 12.9. The van der Waals surface area contributed by atoms with Crippen LogP contribution in [0.25, 0.3) is 0 Å². The number of rotatable bonds is 18. The van der Waals surface area contributed by atoms with Gasteiger partial charge in [-0.1, -0.05) is 77.3 Å². The fraction of sp³-hybridized carbons (Fsp3) is 0.675. The van der Waals surface area contributed by atoms with Crippen LogP contribution in [-0.2, 0) is 9.53 Å². The molecular weight excluding hydrogens is 540 g/mol. The van der Waals surface area contributed by atoms with Crippen LogP contribution in [0.15, 0.2) is 70.4 Å². The maximum atomic E-state index is 9.91. The van der Waals surface area contributed by atoms with E-state index in [1.165, 1.54) is 86.5 Å². The molecule has 1 N–H and O–H groups in total. The average molecular weight is 611 g/mol. The summed E-state index contributed by atoms with van der Waals surface area (Å²) in [6, 6.07) is 0. The van der Waals surface area contributed by atoms with Crippen molar-refractivity contribution >= 4 is 6.41 Å². The van der Waals surface area contributed by atoms with Crippen LogP contribution in [0.4, 0.5) is 0 Å². The number of carbonyl (C=O) groups excluding carboxylic acids is 1. The predicted molar refractivity (Wildman–Crippen MR) is 195 cm³/mol. The number of allylic oxidation sites excluding steroid dienone is 11. The Morgan fingerprint density at radius 2 is 1.45 bits per heavy atom. The van der Waals surface area contributed by atoms with Crippen molar-refractivity contribution in [3.63, 3.8) is 0 Å². The van der Waals surface area contributed by atoms with E-state index in [2.05, 4.69) is 95.6 Å². The van der Waals surface area contributed by atoms with Crippen LogP contribution >= 0.6 is 0 Å². The van der Waals surface area contributed by atoms with Crippen molar-refractivity contribution in [3.05, 3.63) is 70.4 Å². The van der Waals surface area contributed by atoms with Crippen molar-refractivity contribution in [2.75, 3.05) is 39.4 Å². The van der Waals surface area contributed by atoms with Crippen molar-refractivity contribution < 1.29 is 9.53 Å². The number of morpholine rings is 1. The van der Waals surface area contributed by atoms with Crippen LogP contribution < -0.4 is 5.32 Å². The van der Waals surface area contributed by atoms with Gasteiger partial charge in [-0.15, -0.1) is 0 Å². The Kier molecular flexibility index (Phi) is 28.1. The molecule has 252 valence electrons. The summed E-state index contributed by atoms with van der Waals surface area (Å²) < 4.78 is 5.21. The summed E-state index contributed by atoms with van der Waals surface area (Å²) in [5.41, 5.74) is 8.98. The van der Waals surface area contributed by atoms with Crippen LogP contribution in [0, 0.1) is 0 Å². The van der Waals surface area contributed by atoms with Gasteiger partial charge < -0.3 is 10.1 Å². The zero-order valence-corrected chi connectivity index (χ0v) is 30.1. The largest absolute Gasteiger partial charge is 0.379 e. The molecule has 1 amide bonds. The fourth-order valence-electron chi connectivity index (χ4n) is 5.00. The first-order valence-corrected chi connectivity index (χ1v) is 17.6. The van der Waals surface area contributed by atoms with E-state index in [1.807, 2.05) is 0 Å². The van der Waals surface area contributed by atoms with Crippen molar-refractivity contribution in [1.29, 1.82) is 0 Å². The molecule has 0 saturated carbocycles. The highest BCUT2D eigenvalue weighted by molar-refractivity contribution is 5.45. The number of nitrogens with one attached hydrogen (secondary N) is 1. The molecule has 0 aromatic rings. The van der Waals surface area contributed by atoms with E-state index in [0.717, 1.165) is 71.5 Å². The van der Waals surface area contributed by atoms with Crippen LogP contribution in [-0.4, -0.2) is 50.7 Å². The van der Waals surface area contributed by atoms with E-state index < -0.39 is 0 Å². The molecule has 1 saturated heterocycles. The zero-order chi connectivity index (χ0) is 32.8. The number of nitrogens with zero attached hydrogens (tertiary/aromatic N) is 1. The van der Waals surface area contributed by atoms with Crippen molar-refractivity contribution in [1.82, 2.24) is 10.2 Å².